The predicted octanol–water partition coefficient (Wildman–Crippen LogP) is 7.30. The van der Waals surface area contributed by atoms with Crippen LogP contribution < -0.4 is 0 Å². The van der Waals surface area contributed by atoms with Gasteiger partial charge in [-0.2, -0.15) is 0 Å². The third-order valence-corrected chi connectivity index (χ3v) is 7.37. The molecule has 0 fully saturated rings. The molecule has 2 aromatic carbocycles. The highest BCUT2D eigenvalue weighted by Crippen LogP contribution is 2.41. The largest absolute Gasteiger partial charge is 0.0622 e. The molecule has 0 spiro atoms. The molecule has 2 rings (SSSR count). The molecule has 0 aromatic heterocycles. The summed E-state index contributed by atoms with van der Waals surface area (Å²) >= 11 is 14.3. The number of hydrogen-bond acceptors (Lipinski definition) is 0. The van der Waals surface area contributed by atoms with Crippen molar-refractivity contribution < 1.29 is 0 Å². The molecule has 0 saturated heterocycles. The number of allylic oxidation sites excluding steroid dienone is 1. The maximum atomic E-state index is 3.64. The topological polar surface area (TPSA) is 0 Å². The molecule has 0 amide bonds. The summed E-state index contributed by atoms with van der Waals surface area (Å²) in [6, 6.07) is 12.4. The van der Waals surface area contributed by atoms with Crippen molar-refractivity contribution >= 4 is 75.4 Å². The number of halogens is 4. The lowest BCUT2D eigenvalue weighted by Crippen LogP contribution is -1.87. The van der Waals surface area contributed by atoms with E-state index in [4.69, 9.17) is 0 Å². The Bertz CT molecular complexity index is 630. The van der Waals surface area contributed by atoms with Crippen LogP contribution in [0.2, 0.25) is 0 Å². The first kappa shape index (κ1) is 15.5. The van der Waals surface area contributed by atoms with Crippen LogP contribution in [0, 0.1) is 0 Å². The summed E-state index contributed by atoms with van der Waals surface area (Å²) in [6.45, 7) is 2.11. The Kier molecular flexibility index (Phi) is 5.46. The molecule has 0 nitrogen and oxygen atoms in total. The average molecular weight is 510 g/mol. The smallest absolute Gasteiger partial charge is 0.0477 e. The third kappa shape index (κ3) is 3.60. The Morgan fingerprint density at radius 1 is 0.895 bits per heavy atom. The van der Waals surface area contributed by atoms with Crippen LogP contribution in [0.4, 0.5) is 0 Å². The second-order valence-corrected chi connectivity index (χ2v) is 7.32. The SMILES string of the molecule is CC(=Cc1ccccc1)c1cc(Br)c(Br)c(Br)c1Br. The minimum Gasteiger partial charge on any atom is -0.0622 e. The second kappa shape index (κ2) is 6.70. The molecule has 19 heavy (non-hydrogen) atoms. The molecule has 0 N–H and O–H groups in total. The van der Waals surface area contributed by atoms with Crippen LogP contribution in [0.1, 0.15) is 18.1 Å². The van der Waals surface area contributed by atoms with Gasteiger partial charge in [-0.15, -0.1) is 0 Å². The van der Waals surface area contributed by atoms with Crippen LogP contribution in [0.15, 0.2) is 54.3 Å². The Morgan fingerprint density at radius 2 is 1.53 bits per heavy atom. The summed E-state index contributed by atoms with van der Waals surface area (Å²) in [5.74, 6) is 0. The summed E-state index contributed by atoms with van der Waals surface area (Å²) in [4.78, 5) is 0. The van der Waals surface area contributed by atoms with Gasteiger partial charge in [0, 0.05) is 17.9 Å². The van der Waals surface area contributed by atoms with Gasteiger partial charge in [0.1, 0.15) is 0 Å². The monoisotopic (exact) mass is 506 g/mol. The molecule has 4 heteroatoms. The fourth-order valence-corrected chi connectivity index (χ4v) is 4.06. The highest BCUT2D eigenvalue weighted by molar-refractivity contribution is 9.15. The zero-order valence-corrected chi connectivity index (χ0v) is 16.4. The minimum atomic E-state index is 1.01. The molecule has 0 aliphatic rings. The van der Waals surface area contributed by atoms with E-state index >= 15 is 0 Å². The van der Waals surface area contributed by atoms with Gasteiger partial charge in [-0.25, -0.2) is 0 Å². The first-order valence-electron chi connectivity index (χ1n) is 5.57. The van der Waals surface area contributed by atoms with Gasteiger partial charge in [0.05, 0.1) is 0 Å². The highest BCUT2D eigenvalue weighted by atomic mass is 79.9. The quantitative estimate of drug-likeness (QED) is 0.226. The van der Waals surface area contributed by atoms with Crippen molar-refractivity contribution in [3.63, 3.8) is 0 Å². The van der Waals surface area contributed by atoms with Crippen LogP contribution in [0.3, 0.4) is 0 Å². The summed E-state index contributed by atoms with van der Waals surface area (Å²) in [5.41, 5.74) is 3.56. The van der Waals surface area contributed by atoms with E-state index in [0.717, 1.165) is 23.5 Å². The van der Waals surface area contributed by atoms with Crippen LogP contribution in [-0.2, 0) is 0 Å². The lowest BCUT2D eigenvalue weighted by molar-refractivity contribution is 1.43. The Labute approximate surface area is 146 Å². The first-order chi connectivity index (χ1) is 9.00. The van der Waals surface area contributed by atoms with E-state index in [1.807, 2.05) is 18.2 Å². The normalized spacial score (nSPS) is 11.7. The number of hydrogen-bond donors (Lipinski definition) is 0. The predicted molar refractivity (Wildman–Crippen MR) is 97.2 cm³/mol. The van der Waals surface area contributed by atoms with E-state index in [9.17, 15) is 0 Å². The molecule has 0 aliphatic heterocycles. The van der Waals surface area contributed by atoms with E-state index in [1.54, 1.807) is 0 Å². The van der Waals surface area contributed by atoms with E-state index in [2.05, 4.69) is 94.9 Å². The van der Waals surface area contributed by atoms with Crippen molar-refractivity contribution in [2.45, 2.75) is 6.92 Å². The maximum absolute atomic E-state index is 3.64. The standard InChI is InChI=1S/C15H10Br4/c1-9(7-10-5-3-2-4-6-10)11-8-12(16)14(18)15(19)13(11)17/h2-8H,1H3. The number of rotatable bonds is 2. The first-order valence-corrected chi connectivity index (χ1v) is 8.74. The van der Waals surface area contributed by atoms with Crippen LogP contribution in [0.5, 0.6) is 0 Å². The molecule has 0 heterocycles. The summed E-state index contributed by atoms with van der Waals surface area (Å²) in [6.07, 6.45) is 2.17. The van der Waals surface area contributed by atoms with Crippen LogP contribution in [0.25, 0.3) is 11.6 Å². The molecular weight excluding hydrogens is 500 g/mol. The van der Waals surface area contributed by atoms with Gasteiger partial charge in [-0.05, 0) is 93.4 Å². The summed E-state index contributed by atoms with van der Waals surface area (Å²) < 4.78 is 4.10. The molecule has 0 saturated carbocycles. The maximum Gasteiger partial charge on any atom is 0.0477 e. The Morgan fingerprint density at radius 3 is 2.16 bits per heavy atom. The van der Waals surface area contributed by atoms with Gasteiger partial charge < -0.3 is 0 Å². The Balaban J connectivity index is 2.51. The lowest BCUT2D eigenvalue weighted by atomic mass is 10.0. The van der Waals surface area contributed by atoms with Crippen LogP contribution >= 0.6 is 63.7 Å². The zero-order chi connectivity index (χ0) is 14.0. The second-order valence-electron chi connectivity index (χ2n) is 4.09. The van der Waals surface area contributed by atoms with Gasteiger partial charge >= 0.3 is 0 Å². The van der Waals surface area contributed by atoms with Crippen molar-refractivity contribution in [1.82, 2.24) is 0 Å². The molecule has 0 aliphatic carbocycles. The highest BCUT2D eigenvalue weighted by Gasteiger charge is 2.12. The van der Waals surface area contributed by atoms with E-state index in [-0.39, 0.29) is 0 Å². The average Bonchev–Trinajstić information content (AvgIpc) is 2.41. The fourth-order valence-electron chi connectivity index (χ4n) is 1.74. The number of benzene rings is 2. The molecular formula is C15H10Br4. The van der Waals surface area contributed by atoms with Gasteiger partial charge in [-0.3, -0.25) is 0 Å². The fraction of sp³-hybridized carbons (Fsp3) is 0.0667. The Hall–Kier alpha value is 0.100. The third-order valence-electron chi connectivity index (χ3n) is 2.71. The van der Waals surface area contributed by atoms with Crippen molar-refractivity contribution in [3.8, 4) is 0 Å². The van der Waals surface area contributed by atoms with Gasteiger partial charge in [0.25, 0.3) is 0 Å². The van der Waals surface area contributed by atoms with Crippen molar-refractivity contribution in [3.05, 3.63) is 65.4 Å². The molecule has 2 aromatic rings. The van der Waals surface area contributed by atoms with E-state index in [1.165, 1.54) is 11.1 Å². The molecule has 0 unspecified atom stereocenters. The van der Waals surface area contributed by atoms with Gasteiger partial charge in [0.15, 0.2) is 0 Å². The molecule has 98 valence electrons. The molecule has 0 atom stereocenters. The van der Waals surface area contributed by atoms with E-state index in [0.29, 0.717) is 0 Å². The molecule has 0 bridgehead atoms. The lowest BCUT2D eigenvalue weighted by Gasteiger charge is -2.11. The van der Waals surface area contributed by atoms with Crippen molar-refractivity contribution in [2.75, 3.05) is 0 Å². The summed E-state index contributed by atoms with van der Waals surface area (Å²) in [7, 11) is 0. The molecule has 0 radical (unpaired) electrons. The van der Waals surface area contributed by atoms with E-state index < -0.39 is 0 Å². The van der Waals surface area contributed by atoms with Crippen molar-refractivity contribution in [2.24, 2.45) is 0 Å². The van der Waals surface area contributed by atoms with Gasteiger partial charge in [0.2, 0.25) is 0 Å². The minimum absolute atomic E-state index is 1.01. The van der Waals surface area contributed by atoms with Crippen LogP contribution in [-0.4, -0.2) is 0 Å². The zero-order valence-electron chi connectivity index (χ0n) is 10.1. The van der Waals surface area contributed by atoms with Gasteiger partial charge in [-0.1, -0.05) is 36.4 Å². The summed E-state index contributed by atoms with van der Waals surface area (Å²) in [5, 5.41) is 0. The van der Waals surface area contributed by atoms with Crippen molar-refractivity contribution in [1.29, 1.82) is 0 Å².